The SMILES string of the molecule is C1CCCCC1.OCCCCCCCCCCO. The summed E-state index contributed by atoms with van der Waals surface area (Å²) < 4.78 is 0. The van der Waals surface area contributed by atoms with Crippen LogP contribution in [0.4, 0.5) is 0 Å². The highest BCUT2D eigenvalue weighted by Gasteiger charge is 1.95. The summed E-state index contributed by atoms with van der Waals surface area (Å²) in [5.74, 6) is 0. The Morgan fingerprint density at radius 3 is 0.833 bits per heavy atom. The molecule has 0 amide bonds. The highest BCUT2D eigenvalue weighted by Crippen LogP contribution is 2.15. The lowest BCUT2D eigenvalue weighted by Gasteiger charge is -2.05. The van der Waals surface area contributed by atoms with Gasteiger partial charge in [0.25, 0.3) is 0 Å². The summed E-state index contributed by atoms with van der Waals surface area (Å²) in [6.07, 6.45) is 18.3. The van der Waals surface area contributed by atoms with E-state index in [1.165, 1.54) is 64.2 Å². The molecule has 1 rings (SSSR count). The standard InChI is InChI=1S/C10H22O2.C6H12/c11-9-7-5-3-1-2-4-6-8-10-12;1-2-4-6-5-3-1/h11-12H,1-10H2;1-6H2. The first-order chi connectivity index (χ1) is 8.91. The van der Waals surface area contributed by atoms with Gasteiger partial charge in [-0.15, -0.1) is 0 Å². The molecule has 2 heteroatoms. The van der Waals surface area contributed by atoms with Gasteiger partial charge in [0.05, 0.1) is 0 Å². The maximum absolute atomic E-state index is 8.51. The molecule has 2 N–H and O–H groups in total. The Bertz CT molecular complexity index is 112. The van der Waals surface area contributed by atoms with Gasteiger partial charge >= 0.3 is 0 Å². The van der Waals surface area contributed by atoms with Gasteiger partial charge in [-0.1, -0.05) is 77.0 Å². The van der Waals surface area contributed by atoms with Gasteiger partial charge in [0, 0.05) is 13.2 Å². The number of hydrogen-bond acceptors (Lipinski definition) is 2. The summed E-state index contributed by atoms with van der Waals surface area (Å²) in [5.41, 5.74) is 0. The Balaban J connectivity index is 0.000000397. The van der Waals surface area contributed by atoms with Crippen molar-refractivity contribution in [1.29, 1.82) is 0 Å². The van der Waals surface area contributed by atoms with E-state index in [0.29, 0.717) is 13.2 Å². The van der Waals surface area contributed by atoms with Gasteiger partial charge in [0.1, 0.15) is 0 Å². The fourth-order valence-electron chi connectivity index (χ4n) is 2.34. The van der Waals surface area contributed by atoms with Crippen molar-refractivity contribution in [2.24, 2.45) is 0 Å². The van der Waals surface area contributed by atoms with E-state index in [4.69, 9.17) is 10.2 Å². The van der Waals surface area contributed by atoms with E-state index in [2.05, 4.69) is 0 Å². The molecule has 0 aromatic carbocycles. The van der Waals surface area contributed by atoms with Crippen LogP contribution in [0.3, 0.4) is 0 Å². The molecule has 1 saturated carbocycles. The topological polar surface area (TPSA) is 40.5 Å². The van der Waals surface area contributed by atoms with Crippen molar-refractivity contribution in [1.82, 2.24) is 0 Å². The van der Waals surface area contributed by atoms with E-state index in [1.807, 2.05) is 0 Å². The number of rotatable bonds is 9. The van der Waals surface area contributed by atoms with Gasteiger partial charge in [-0.3, -0.25) is 0 Å². The molecule has 0 radical (unpaired) electrons. The first-order valence-electron chi connectivity index (χ1n) is 8.13. The first-order valence-corrected chi connectivity index (χ1v) is 8.13. The molecule has 0 atom stereocenters. The van der Waals surface area contributed by atoms with Crippen LogP contribution in [0.5, 0.6) is 0 Å². The summed E-state index contributed by atoms with van der Waals surface area (Å²) in [4.78, 5) is 0. The van der Waals surface area contributed by atoms with E-state index in [-0.39, 0.29) is 0 Å². The van der Waals surface area contributed by atoms with Crippen LogP contribution in [0.2, 0.25) is 0 Å². The summed E-state index contributed by atoms with van der Waals surface area (Å²) in [5, 5.41) is 17.0. The third-order valence-corrected chi connectivity index (χ3v) is 3.57. The number of unbranched alkanes of at least 4 members (excludes halogenated alkanes) is 7. The monoisotopic (exact) mass is 258 g/mol. The summed E-state index contributed by atoms with van der Waals surface area (Å²) >= 11 is 0. The van der Waals surface area contributed by atoms with Crippen molar-refractivity contribution in [3.63, 3.8) is 0 Å². The van der Waals surface area contributed by atoms with Crippen molar-refractivity contribution in [3.8, 4) is 0 Å². The minimum atomic E-state index is 0.338. The van der Waals surface area contributed by atoms with Gasteiger partial charge < -0.3 is 10.2 Å². The van der Waals surface area contributed by atoms with Gasteiger partial charge in [-0.2, -0.15) is 0 Å². The van der Waals surface area contributed by atoms with Crippen LogP contribution in [0.25, 0.3) is 0 Å². The van der Waals surface area contributed by atoms with Crippen molar-refractivity contribution < 1.29 is 10.2 Å². The molecule has 0 aromatic rings. The Kier molecular flexibility index (Phi) is 16.8. The second kappa shape index (κ2) is 16.9. The zero-order valence-electron chi connectivity index (χ0n) is 12.2. The van der Waals surface area contributed by atoms with Crippen molar-refractivity contribution in [2.45, 2.75) is 89.9 Å². The predicted molar refractivity (Wildman–Crippen MR) is 78.8 cm³/mol. The molecular weight excluding hydrogens is 224 g/mol. The first kappa shape index (κ1) is 17.9. The van der Waals surface area contributed by atoms with Crippen LogP contribution in [0.1, 0.15) is 89.9 Å². The van der Waals surface area contributed by atoms with Crippen LogP contribution >= 0.6 is 0 Å². The predicted octanol–water partition coefficient (Wildman–Crippen LogP) is 4.43. The smallest absolute Gasteiger partial charge is 0.0431 e. The fraction of sp³-hybridized carbons (Fsp3) is 1.00. The minimum Gasteiger partial charge on any atom is -0.396 e. The lowest BCUT2D eigenvalue weighted by molar-refractivity contribution is 0.279. The highest BCUT2D eigenvalue weighted by molar-refractivity contribution is 4.51. The van der Waals surface area contributed by atoms with E-state index in [9.17, 15) is 0 Å². The number of aliphatic hydroxyl groups is 2. The average molecular weight is 258 g/mol. The van der Waals surface area contributed by atoms with Gasteiger partial charge in [-0.25, -0.2) is 0 Å². The summed E-state index contributed by atoms with van der Waals surface area (Å²) in [6.45, 7) is 0.676. The molecule has 0 saturated heterocycles. The van der Waals surface area contributed by atoms with Gasteiger partial charge in [-0.05, 0) is 12.8 Å². The lowest BCUT2D eigenvalue weighted by Crippen LogP contribution is -1.85. The molecule has 0 aliphatic heterocycles. The molecule has 0 heterocycles. The Hall–Kier alpha value is -0.0800. The van der Waals surface area contributed by atoms with Crippen molar-refractivity contribution >= 4 is 0 Å². The van der Waals surface area contributed by atoms with Crippen LogP contribution in [-0.2, 0) is 0 Å². The van der Waals surface area contributed by atoms with E-state index < -0.39 is 0 Å². The highest BCUT2D eigenvalue weighted by atomic mass is 16.3. The Labute approximate surface area is 114 Å². The second-order valence-corrected chi connectivity index (χ2v) is 5.40. The molecule has 18 heavy (non-hydrogen) atoms. The zero-order valence-corrected chi connectivity index (χ0v) is 12.2. The quantitative estimate of drug-likeness (QED) is 0.601. The minimum absolute atomic E-state index is 0.338. The average Bonchev–Trinajstić information content (AvgIpc) is 2.44. The van der Waals surface area contributed by atoms with Crippen LogP contribution < -0.4 is 0 Å². The van der Waals surface area contributed by atoms with Crippen LogP contribution in [0, 0.1) is 0 Å². The van der Waals surface area contributed by atoms with Crippen molar-refractivity contribution in [2.75, 3.05) is 13.2 Å². The molecule has 1 aliphatic carbocycles. The largest absolute Gasteiger partial charge is 0.396 e. The normalized spacial score (nSPS) is 15.0. The maximum atomic E-state index is 8.51. The van der Waals surface area contributed by atoms with E-state index in [0.717, 1.165) is 25.7 Å². The molecular formula is C16H34O2. The molecule has 1 fully saturated rings. The Morgan fingerprint density at radius 1 is 0.389 bits per heavy atom. The fourth-order valence-corrected chi connectivity index (χ4v) is 2.34. The molecule has 0 unspecified atom stereocenters. The molecule has 0 spiro atoms. The summed E-state index contributed by atoms with van der Waals surface area (Å²) in [7, 11) is 0. The van der Waals surface area contributed by atoms with Gasteiger partial charge in [0.15, 0.2) is 0 Å². The van der Waals surface area contributed by atoms with Crippen LogP contribution in [-0.4, -0.2) is 23.4 Å². The second-order valence-electron chi connectivity index (χ2n) is 5.40. The zero-order chi connectivity index (χ0) is 13.3. The Morgan fingerprint density at radius 2 is 0.611 bits per heavy atom. The molecule has 0 aromatic heterocycles. The molecule has 0 bridgehead atoms. The maximum Gasteiger partial charge on any atom is 0.0431 e. The molecule has 2 nitrogen and oxygen atoms in total. The van der Waals surface area contributed by atoms with Crippen molar-refractivity contribution in [3.05, 3.63) is 0 Å². The van der Waals surface area contributed by atoms with E-state index in [1.54, 1.807) is 0 Å². The number of hydrogen-bond donors (Lipinski definition) is 2. The van der Waals surface area contributed by atoms with Crippen LogP contribution in [0.15, 0.2) is 0 Å². The number of aliphatic hydroxyl groups excluding tert-OH is 2. The van der Waals surface area contributed by atoms with Gasteiger partial charge in [0.2, 0.25) is 0 Å². The molecule has 110 valence electrons. The third-order valence-electron chi connectivity index (χ3n) is 3.57. The lowest BCUT2D eigenvalue weighted by atomic mass is 10.0. The van der Waals surface area contributed by atoms with E-state index >= 15 is 0 Å². The molecule has 1 aliphatic rings. The summed E-state index contributed by atoms with van der Waals surface area (Å²) in [6, 6.07) is 0. The third kappa shape index (κ3) is 15.9.